The average molecular weight is 528 g/mol. The third-order valence-corrected chi connectivity index (χ3v) is 12.7. The molecule has 3 aliphatic rings. The predicted molar refractivity (Wildman–Crippen MR) is 152 cm³/mol. The van der Waals surface area contributed by atoms with Crippen LogP contribution >= 0.6 is 35.3 Å². The van der Waals surface area contributed by atoms with Crippen LogP contribution in [0, 0.1) is 12.8 Å². The highest BCUT2D eigenvalue weighted by Gasteiger charge is 2.50. The van der Waals surface area contributed by atoms with Crippen LogP contribution in [0.1, 0.15) is 54.5 Å². The van der Waals surface area contributed by atoms with E-state index in [1.165, 1.54) is 63.5 Å². The number of thioether (sulfide) groups is 3. The fourth-order valence-corrected chi connectivity index (χ4v) is 10.7. The molecule has 36 heavy (non-hydrogen) atoms. The highest BCUT2D eigenvalue weighted by atomic mass is 32.2. The first-order valence-corrected chi connectivity index (χ1v) is 15.3. The number of H-pyrrole nitrogens is 1. The summed E-state index contributed by atoms with van der Waals surface area (Å²) in [7, 11) is 0. The van der Waals surface area contributed by atoms with Gasteiger partial charge in [-0.1, -0.05) is 85.1 Å². The second-order valence-electron chi connectivity index (χ2n) is 10.1. The lowest BCUT2D eigenvalue weighted by molar-refractivity contribution is 0.213. The number of aromatic amines is 1. The predicted octanol–water partition coefficient (Wildman–Crippen LogP) is 9.34. The minimum absolute atomic E-state index is 0.00342. The Hall–Kier alpha value is -2.21. The summed E-state index contributed by atoms with van der Waals surface area (Å²) >= 11 is 5.96. The van der Waals surface area contributed by atoms with E-state index in [-0.39, 0.29) is 4.08 Å². The van der Waals surface area contributed by atoms with E-state index in [1.54, 1.807) is 11.8 Å². The number of para-hydroxylation sites is 1. The molecule has 2 nitrogen and oxygen atoms in total. The third kappa shape index (κ3) is 3.66. The van der Waals surface area contributed by atoms with Gasteiger partial charge in [0.05, 0.1) is 14.7 Å². The summed E-state index contributed by atoms with van der Waals surface area (Å²) in [4.78, 5) is 7.14. The molecule has 0 amide bonds. The first-order valence-electron chi connectivity index (χ1n) is 12.9. The smallest absolute Gasteiger partial charge is 0.225 e. The summed E-state index contributed by atoms with van der Waals surface area (Å²) in [6.07, 6.45) is 8.92. The van der Waals surface area contributed by atoms with E-state index in [0.717, 1.165) is 11.4 Å². The van der Waals surface area contributed by atoms with Crippen molar-refractivity contribution in [3.8, 4) is 5.75 Å². The second kappa shape index (κ2) is 8.97. The lowest BCUT2D eigenvalue weighted by Gasteiger charge is -2.38. The summed E-state index contributed by atoms with van der Waals surface area (Å²) in [6.45, 7) is 2.14. The molecular formula is C31H29NOS3. The summed E-state index contributed by atoms with van der Waals surface area (Å²) in [5.41, 5.74) is 4.94. The summed E-state index contributed by atoms with van der Waals surface area (Å²) in [6, 6.07) is 28.6. The molecule has 4 aromatic rings. The van der Waals surface area contributed by atoms with Crippen LogP contribution in [0.25, 0.3) is 0 Å². The van der Waals surface area contributed by atoms with Crippen molar-refractivity contribution in [2.75, 3.05) is 0 Å². The van der Waals surface area contributed by atoms with Gasteiger partial charge < -0.3 is 9.72 Å². The maximum atomic E-state index is 6.84. The maximum Gasteiger partial charge on any atom is 0.225 e. The molecule has 1 saturated carbocycles. The third-order valence-electron chi connectivity index (χ3n) is 7.74. The van der Waals surface area contributed by atoms with Gasteiger partial charge in [0.2, 0.25) is 4.93 Å². The van der Waals surface area contributed by atoms with Crippen LogP contribution in [-0.4, -0.2) is 4.98 Å². The first kappa shape index (κ1) is 22.9. The van der Waals surface area contributed by atoms with Crippen molar-refractivity contribution >= 4 is 35.3 Å². The van der Waals surface area contributed by atoms with Crippen LogP contribution in [0.5, 0.6) is 5.75 Å². The van der Waals surface area contributed by atoms with E-state index >= 15 is 0 Å². The van der Waals surface area contributed by atoms with Gasteiger partial charge in [-0.2, -0.15) is 0 Å². The Bertz CT molecular complexity index is 1350. The molecule has 0 saturated heterocycles. The minimum Gasteiger partial charge on any atom is -0.465 e. The van der Waals surface area contributed by atoms with E-state index in [4.69, 9.17) is 4.74 Å². The average Bonchev–Trinajstić information content (AvgIpc) is 3.65. The zero-order valence-corrected chi connectivity index (χ0v) is 22.8. The molecule has 5 heteroatoms. The highest BCUT2D eigenvalue weighted by molar-refractivity contribution is 8.20. The Balaban J connectivity index is 1.34. The molecular weight excluding hydrogens is 499 g/mol. The van der Waals surface area contributed by atoms with E-state index in [2.05, 4.69) is 120 Å². The van der Waals surface area contributed by atoms with Crippen molar-refractivity contribution in [1.82, 2.24) is 4.98 Å². The van der Waals surface area contributed by atoms with Crippen molar-refractivity contribution in [3.05, 3.63) is 107 Å². The molecule has 0 spiro atoms. The molecule has 7 rings (SSSR count). The highest BCUT2D eigenvalue weighted by Crippen LogP contribution is 2.67. The van der Waals surface area contributed by atoms with Gasteiger partial charge in [-0.25, -0.2) is 0 Å². The SMILES string of the molecule is Cc1ccc(C2(c3cc(C4(C5CCCCC5)Sc5ccccc5S4)c[nH]3)Oc3ccccc3S2)cc1. The van der Waals surface area contributed by atoms with Gasteiger partial charge in [-0.3, -0.25) is 0 Å². The fourth-order valence-electron chi connectivity index (χ4n) is 5.86. The molecule has 1 fully saturated rings. The second-order valence-corrected chi connectivity index (χ2v) is 14.1. The Morgan fingerprint density at radius 3 is 2.11 bits per heavy atom. The van der Waals surface area contributed by atoms with Crippen molar-refractivity contribution in [2.45, 2.75) is 62.7 Å². The number of fused-ring (bicyclic) bond motifs is 2. The van der Waals surface area contributed by atoms with E-state index in [9.17, 15) is 0 Å². The zero-order chi connectivity index (χ0) is 24.2. The molecule has 3 aromatic carbocycles. The van der Waals surface area contributed by atoms with Gasteiger partial charge in [0.1, 0.15) is 5.75 Å². The van der Waals surface area contributed by atoms with Gasteiger partial charge in [-0.05, 0) is 61.6 Å². The molecule has 182 valence electrons. The largest absolute Gasteiger partial charge is 0.465 e. The molecule has 0 bridgehead atoms. The monoisotopic (exact) mass is 527 g/mol. The molecule has 1 N–H and O–H groups in total. The van der Waals surface area contributed by atoms with Gasteiger partial charge >= 0.3 is 0 Å². The van der Waals surface area contributed by atoms with Crippen molar-refractivity contribution in [2.24, 2.45) is 5.92 Å². The number of hydrogen-bond donors (Lipinski definition) is 1. The maximum absolute atomic E-state index is 6.84. The fraction of sp³-hybridized carbons (Fsp3) is 0.290. The van der Waals surface area contributed by atoms with E-state index in [1.807, 2.05) is 0 Å². The van der Waals surface area contributed by atoms with Crippen molar-refractivity contribution in [3.63, 3.8) is 0 Å². The molecule has 2 aliphatic heterocycles. The number of nitrogens with one attached hydrogen (secondary N) is 1. The quantitative estimate of drug-likeness (QED) is 0.286. The van der Waals surface area contributed by atoms with Crippen LogP contribution in [0.4, 0.5) is 0 Å². The molecule has 1 unspecified atom stereocenters. The van der Waals surface area contributed by atoms with Crippen molar-refractivity contribution in [1.29, 1.82) is 0 Å². The van der Waals surface area contributed by atoms with Crippen molar-refractivity contribution < 1.29 is 4.74 Å². The lowest BCUT2D eigenvalue weighted by atomic mass is 9.84. The van der Waals surface area contributed by atoms with Gasteiger partial charge in [0, 0.05) is 21.6 Å². The van der Waals surface area contributed by atoms with Gasteiger partial charge in [-0.15, -0.1) is 23.5 Å². The number of hydrogen-bond acceptors (Lipinski definition) is 4. The minimum atomic E-state index is -0.621. The first-order chi connectivity index (χ1) is 17.7. The number of benzene rings is 3. The van der Waals surface area contributed by atoms with Crippen LogP contribution < -0.4 is 4.74 Å². The zero-order valence-electron chi connectivity index (χ0n) is 20.3. The number of rotatable bonds is 4. The Morgan fingerprint density at radius 2 is 1.42 bits per heavy atom. The Morgan fingerprint density at radius 1 is 0.750 bits per heavy atom. The van der Waals surface area contributed by atoms with Crippen LogP contribution in [-0.2, 0) is 9.01 Å². The number of ether oxygens (including phenoxy) is 1. The number of aryl methyl sites for hydroxylation is 1. The summed E-state index contributed by atoms with van der Waals surface area (Å²) in [5, 5.41) is 0. The number of aromatic nitrogens is 1. The van der Waals surface area contributed by atoms with Crippen LogP contribution in [0.2, 0.25) is 0 Å². The van der Waals surface area contributed by atoms with E-state index in [0.29, 0.717) is 5.92 Å². The Kier molecular flexibility index (Phi) is 5.72. The standard InChI is InChI=1S/C31H29NOS3/c1-21-15-17-22(18-16-21)30(33-25-11-5-6-12-26(25)34-30)29-19-24(20-32-29)31(23-9-3-2-4-10-23)35-27-13-7-8-14-28(27)36-31/h5-8,11-20,23,32H,2-4,9-10H2,1H3. The summed E-state index contributed by atoms with van der Waals surface area (Å²) in [5.74, 6) is 1.61. The molecule has 0 radical (unpaired) electrons. The van der Waals surface area contributed by atoms with Gasteiger partial charge in [0.15, 0.2) is 0 Å². The van der Waals surface area contributed by atoms with Crippen LogP contribution in [0.15, 0.2) is 99.7 Å². The topological polar surface area (TPSA) is 25.0 Å². The summed E-state index contributed by atoms with van der Waals surface area (Å²) < 4.78 is 6.84. The van der Waals surface area contributed by atoms with E-state index < -0.39 is 4.93 Å². The normalized spacial score (nSPS) is 22.7. The molecule has 1 atom stereocenters. The lowest BCUT2D eigenvalue weighted by Crippen LogP contribution is -2.29. The van der Waals surface area contributed by atoms with Gasteiger partial charge in [0.25, 0.3) is 0 Å². The Labute approximate surface area is 226 Å². The molecule has 1 aromatic heterocycles. The van der Waals surface area contributed by atoms with Crippen LogP contribution in [0.3, 0.4) is 0 Å². The molecule has 3 heterocycles. The molecule has 1 aliphatic carbocycles.